The molecular formula is C11H12ClN3O2S. The molecule has 1 unspecified atom stereocenters. The van der Waals surface area contributed by atoms with Crippen molar-refractivity contribution in [2.45, 2.75) is 17.9 Å². The Labute approximate surface area is 110 Å². The Morgan fingerprint density at radius 2 is 2.11 bits per heavy atom. The maximum Gasteiger partial charge on any atom is 0.242 e. The van der Waals surface area contributed by atoms with Crippen molar-refractivity contribution in [3.63, 3.8) is 0 Å². The molecule has 0 aliphatic heterocycles. The molecule has 5 nitrogen and oxygen atoms in total. The first-order valence-electron chi connectivity index (χ1n) is 5.27. The SMILES string of the molecule is CC(NS(=O)(=O)c1ccccc1Cl)c1ncc[nH]1. The molecule has 0 amide bonds. The van der Waals surface area contributed by atoms with Crippen LogP contribution in [0.15, 0.2) is 41.6 Å². The summed E-state index contributed by atoms with van der Waals surface area (Å²) < 4.78 is 26.8. The molecule has 0 fully saturated rings. The van der Waals surface area contributed by atoms with Gasteiger partial charge in [-0.2, -0.15) is 0 Å². The fourth-order valence-electron chi connectivity index (χ4n) is 1.53. The Kier molecular flexibility index (Phi) is 3.70. The third kappa shape index (κ3) is 2.72. The van der Waals surface area contributed by atoms with Gasteiger partial charge in [0.05, 0.1) is 11.1 Å². The zero-order valence-electron chi connectivity index (χ0n) is 9.59. The van der Waals surface area contributed by atoms with E-state index in [0.717, 1.165) is 0 Å². The van der Waals surface area contributed by atoms with Crippen molar-refractivity contribution in [1.29, 1.82) is 0 Å². The number of imidazole rings is 1. The second-order valence-electron chi connectivity index (χ2n) is 3.75. The first-order chi connectivity index (χ1) is 8.50. The standard InChI is InChI=1S/C11H12ClN3O2S/c1-8(11-13-6-7-14-11)15-18(16,17)10-5-3-2-4-9(10)12/h2-8,15H,1H3,(H,13,14). The number of nitrogens with zero attached hydrogens (tertiary/aromatic N) is 1. The highest BCUT2D eigenvalue weighted by atomic mass is 35.5. The quantitative estimate of drug-likeness (QED) is 0.903. The number of halogens is 1. The van der Waals surface area contributed by atoms with Crippen molar-refractivity contribution in [3.8, 4) is 0 Å². The molecule has 0 spiro atoms. The van der Waals surface area contributed by atoms with Crippen molar-refractivity contribution >= 4 is 21.6 Å². The number of sulfonamides is 1. The van der Waals surface area contributed by atoms with Gasteiger partial charge in [-0.25, -0.2) is 18.1 Å². The van der Waals surface area contributed by atoms with E-state index in [1.54, 1.807) is 31.5 Å². The van der Waals surface area contributed by atoms with Gasteiger partial charge >= 0.3 is 0 Å². The van der Waals surface area contributed by atoms with Crippen molar-refractivity contribution < 1.29 is 8.42 Å². The van der Waals surface area contributed by atoms with Gasteiger partial charge in [0.15, 0.2) is 0 Å². The monoisotopic (exact) mass is 285 g/mol. The van der Waals surface area contributed by atoms with Crippen LogP contribution in [0.25, 0.3) is 0 Å². The van der Waals surface area contributed by atoms with E-state index < -0.39 is 16.1 Å². The van der Waals surface area contributed by atoms with Gasteiger partial charge in [0.25, 0.3) is 0 Å². The Morgan fingerprint density at radius 1 is 1.39 bits per heavy atom. The highest BCUT2D eigenvalue weighted by Crippen LogP contribution is 2.22. The largest absolute Gasteiger partial charge is 0.347 e. The first kappa shape index (κ1) is 13.1. The van der Waals surface area contributed by atoms with E-state index in [-0.39, 0.29) is 9.92 Å². The number of aromatic nitrogens is 2. The Bertz CT molecular complexity index is 625. The van der Waals surface area contributed by atoms with Crippen LogP contribution in [-0.2, 0) is 10.0 Å². The summed E-state index contributed by atoms with van der Waals surface area (Å²) in [6, 6.07) is 5.84. The topological polar surface area (TPSA) is 74.8 Å². The van der Waals surface area contributed by atoms with Crippen LogP contribution in [0.5, 0.6) is 0 Å². The van der Waals surface area contributed by atoms with Gasteiger partial charge in [-0.3, -0.25) is 0 Å². The number of rotatable bonds is 4. The highest BCUT2D eigenvalue weighted by Gasteiger charge is 2.21. The fourth-order valence-corrected chi connectivity index (χ4v) is 3.26. The average molecular weight is 286 g/mol. The minimum Gasteiger partial charge on any atom is -0.347 e. The number of aromatic amines is 1. The molecule has 1 heterocycles. The van der Waals surface area contributed by atoms with Gasteiger partial charge in [-0.1, -0.05) is 23.7 Å². The van der Waals surface area contributed by atoms with E-state index in [4.69, 9.17) is 11.6 Å². The minimum absolute atomic E-state index is 0.0603. The first-order valence-corrected chi connectivity index (χ1v) is 7.13. The molecule has 1 aromatic heterocycles. The molecule has 2 aromatic rings. The van der Waals surface area contributed by atoms with Crippen LogP contribution in [0.4, 0.5) is 0 Å². The summed E-state index contributed by atoms with van der Waals surface area (Å²) in [4.78, 5) is 6.92. The lowest BCUT2D eigenvalue weighted by atomic mass is 10.3. The van der Waals surface area contributed by atoms with Crippen LogP contribution in [0.1, 0.15) is 18.8 Å². The number of benzene rings is 1. The molecule has 18 heavy (non-hydrogen) atoms. The van der Waals surface area contributed by atoms with E-state index in [1.165, 1.54) is 12.1 Å². The van der Waals surface area contributed by atoms with Gasteiger partial charge in [-0.15, -0.1) is 0 Å². The van der Waals surface area contributed by atoms with Crippen LogP contribution >= 0.6 is 11.6 Å². The number of H-pyrrole nitrogens is 1. The van der Waals surface area contributed by atoms with Crippen molar-refractivity contribution in [1.82, 2.24) is 14.7 Å². The summed E-state index contributed by atoms with van der Waals surface area (Å²) in [5, 5.41) is 0.191. The highest BCUT2D eigenvalue weighted by molar-refractivity contribution is 7.89. The molecule has 1 atom stereocenters. The lowest BCUT2D eigenvalue weighted by molar-refractivity contribution is 0.561. The molecule has 0 bridgehead atoms. The zero-order chi connectivity index (χ0) is 13.2. The fraction of sp³-hybridized carbons (Fsp3) is 0.182. The number of hydrogen-bond donors (Lipinski definition) is 2. The van der Waals surface area contributed by atoms with E-state index in [0.29, 0.717) is 5.82 Å². The Morgan fingerprint density at radius 3 is 2.72 bits per heavy atom. The van der Waals surface area contributed by atoms with Crippen LogP contribution in [0.2, 0.25) is 5.02 Å². The predicted octanol–water partition coefficient (Wildman–Crippen LogP) is 2.10. The summed E-state index contributed by atoms with van der Waals surface area (Å²) in [5.41, 5.74) is 0. The van der Waals surface area contributed by atoms with E-state index in [9.17, 15) is 8.42 Å². The van der Waals surface area contributed by atoms with Crippen molar-refractivity contribution in [2.24, 2.45) is 0 Å². The molecule has 1 aromatic carbocycles. The van der Waals surface area contributed by atoms with Crippen molar-refractivity contribution in [3.05, 3.63) is 47.5 Å². The molecule has 7 heteroatoms. The van der Waals surface area contributed by atoms with Gasteiger partial charge in [-0.05, 0) is 19.1 Å². The molecule has 96 valence electrons. The lowest BCUT2D eigenvalue weighted by Gasteiger charge is -2.12. The summed E-state index contributed by atoms with van der Waals surface area (Å²) in [5.74, 6) is 0.547. The minimum atomic E-state index is -3.66. The van der Waals surface area contributed by atoms with Crippen molar-refractivity contribution in [2.75, 3.05) is 0 Å². The Balaban J connectivity index is 2.26. The van der Waals surface area contributed by atoms with Gasteiger partial charge in [0.1, 0.15) is 10.7 Å². The van der Waals surface area contributed by atoms with Crippen LogP contribution < -0.4 is 4.72 Å². The van der Waals surface area contributed by atoms with Crippen LogP contribution in [0.3, 0.4) is 0 Å². The smallest absolute Gasteiger partial charge is 0.242 e. The van der Waals surface area contributed by atoms with Gasteiger partial charge in [0.2, 0.25) is 10.0 Å². The van der Waals surface area contributed by atoms with Gasteiger partial charge < -0.3 is 4.98 Å². The molecule has 0 radical (unpaired) electrons. The summed E-state index contributed by atoms with van der Waals surface area (Å²) in [6.07, 6.45) is 3.20. The van der Waals surface area contributed by atoms with E-state index in [2.05, 4.69) is 14.7 Å². The molecular weight excluding hydrogens is 274 g/mol. The van der Waals surface area contributed by atoms with E-state index in [1.807, 2.05) is 0 Å². The maximum atomic E-state index is 12.1. The average Bonchev–Trinajstić information content (AvgIpc) is 2.82. The maximum absolute atomic E-state index is 12.1. The number of nitrogens with one attached hydrogen (secondary N) is 2. The Hall–Kier alpha value is -1.37. The summed E-state index contributed by atoms with van der Waals surface area (Å²) in [7, 11) is -3.66. The molecule has 2 rings (SSSR count). The second kappa shape index (κ2) is 5.09. The second-order valence-corrected chi connectivity index (χ2v) is 5.84. The lowest BCUT2D eigenvalue weighted by Crippen LogP contribution is -2.27. The zero-order valence-corrected chi connectivity index (χ0v) is 11.2. The normalized spacial score (nSPS) is 13.4. The predicted molar refractivity (Wildman–Crippen MR) is 68.8 cm³/mol. The van der Waals surface area contributed by atoms with E-state index >= 15 is 0 Å². The summed E-state index contributed by atoms with van der Waals surface area (Å²) in [6.45, 7) is 1.70. The summed E-state index contributed by atoms with van der Waals surface area (Å²) >= 11 is 5.87. The molecule has 0 saturated carbocycles. The number of hydrogen-bond acceptors (Lipinski definition) is 3. The van der Waals surface area contributed by atoms with Gasteiger partial charge in [0, 0.05) is 12.4 Å². The van der Waals surface area contributed by atoms with Crippen LogP contribution in [0, 0.1) is 0 Å². The molecule has 0 aliphatic rings. The molecule has 2 N–H and O–H groups in total. The third-order valence-corrected chi connectivity index (χ3v) is 4.43. The molecule has 0 aliphatic carbocycles. The third-order valence-electron chi connectivity index (χ3n) is 2.39. The molecule has 0 saturated heterocycles. The van der Waals surface area contributed by atoms with Crippen LogP contribution in [-0.4, -0.2) is 18.4 Å².